The molecule has 1 aliphatic carbocycles. The van der Waals surface area contributed by atoms with E-state index in [0.717, 1.165) is 36.4 Å². The topological polar surface area (TPSA) is 72.0 Å². The number of rotatable bonds is 4. The van der Waals surface area contributed by atoms with Crippen LogP contribution in [0.15, 0.2) is 5.38 Å². The van der Waals surface area contributed by atoms with Gasteiger partial charge in [-0.1, -0.05) is 6.92 Å². The molecule has 0 radical (unpaired) electrons. The number of hydrogen-bond acceptors (Lipinski definition) is 6. The molecule has 5 nitrogen and oxygen atoms in total. The molecule has 0 saturated carbocycles. The molecule has 0 aliphatic heterocycles. The quantitative estimate of drug-likeness (QED) is 0.932. The second-order valence-electron chi connectivity index (χ2n) is 5.75. The summed E-state index contributed by atoms with van der Waals surface area (Å²) in [5.41, 5.74) is 1.95. The fourth-order valence-corrected chi connectivity index (χ4v) is 4.46. The van der Waals surface area contributed by atoms with E-state index in [2.05, 4.69) is 21.6 Å². The van der Waals surface area contributed by atoms with Gasteiger partial charge in [0.05, 0.1) is 12.0 Å². The SMILES string of the molecule is CC(=O)Cc1nsc(NC(=O)c2csc3c2CC[C@H](C)C3)n1. The van der Waals surface area contributed by atoms with Gasteiger partial charge in [-0.15, -0.1) is 11.3 Å². The molecule has 22 heavy (non-hydrogen) atoms. The average molecular weight is 335 g/mol. The van der Waals surface area contributed by atoms with Crippen LogP contribution in [0.5, 0.6) is 0 Å². The predicted molar refractivity (Wildman–Crippen MR) is 87.8 cm³/mol. The lowest BCUT2D eigenvalue weighted by molar-refractivity contribution is -0.116. The zero-order chi connectivity index (χ0) is 15.7. The molecule has 1 amide bonds. The Kier molecular flexibility index (Phi) is 4.35. The lowest BCUT2D eigenvalue weighted by Crippen LogP contribution is -2.16. The largest absolute Gasteiger partial charge is 0.300 e. The number of anilines is 1. The smallest absolute Gasteiger partial charge is 0.258 e. The summed E-state index contributed by atoms with van der Waals surface area (Å²) < 4.78 is 4.09. The van der Waals surface area contributed by atoms with Gasteiger partial charge >= 0.3 is 0 Å². The van der Waals surface area contributed by atoms with Crippen LogP contribution in [0.2, 0.25) is 0 Å². The Balaban J connectivity index is 1.72. The first-order valence-corrected chi connectivity index (χ1v) is 8.91. The Hall–Kier alpha value is -1.60. The van der Waals surface area contributed by atoms with Crippen LogP contribution < -0.4 is 5.32 Å². The summed E-state index contributed by atoms with van der Waals surface area (Å²) in [4.78, 5) is 29.0. The number of amides is 1. The molecule has 2 aromatic heterocycles. The summed E-state index contributed by atoms with van der Waals surface area (Å²) in [5, 5.41) is 5.19. The molecule has 2 aromatic rings. The fourth-order valence-electron chi connectivity index (χ4n) is 2.63. The molecular weight excluding hydrogens is 318 g/mol. The van der Waals surface area contributed by atoms with E-state index >= 15 is 0 Å². The number of nitrogens with one attached hydrogen (secondary N) is 1. The molecule has 7 heteroatoms. The first-order chi connectivity index (χ1) is 10.5. The van der Waals surface area contributed by atoms with Crippen molar-refractivity contribution < 1.29 is 9.59 Å². The van der Waals surface area contributed by atoms with Crippen LogP contribution in [-0.4, -0.2) is 21.0 Å². The Morgan fingerprint density at radius 2 is 2.27 bits per heavy atom. The monoisotopic (exact) mass is 335 g/mol. The van der Waals surface area contributed by atoms with Gasteiger partial charge in [0.25, 0.3) is 5.91 Å². The number of aromatic nitrogens is 2. The molecule has 1 aliphatic rings. The molecule has 1 N–H and O–H groups in total. The molecule has 0 fully saturated rings. The highest BCUT2D eigenvalue weighted by atomic mass is 32.1. The van der Waals surface area contributed by atoms with Crippen LogP contribution >= 0.6 is 22.9 Å². The van der Waals surface area contributed by atoms with E-state index in [-0.39, 0.29) is 18.1 Å². The van der Waals surface area contributed by atoms with Crippen molar-refractivity contribution in [2.24, 2.45) is 5.92 Å². The number of nitrogens with zero attached hydrogens (tertiary/aromatic N) is 2. The van der Waals surface area contributed by atoms with Gasteiger partial charge in [-0.2, -0.15) is 4.37 Å². The van der Waals surface area contributed by atoms with Crippen molar-refractivity contribution in [3.05, 3.63) is 27.2 Å². The van der Waals surface area contributed by atoms with Gasteiger partial charge < -0.3 is 0 Å². The third-order valence-electron chi connectivity index (χ3n) is 3.74. The Morgan fingerprint density at radius 1 is 1.45 bits per heavy atom. The van der Waals surface area contributed by atoms with Crippen LogP contribution in [0, 0.1) is 5.92 Å². The highest BCUT2D eigenvalue weighted by molar-refractivity contribution is 7.10. The third-order valence-corrected chi connectivity index (χ3v) is 5.46. The first-order valence-electron chi connectivity index (χ1n) is 7.25. The number of carbonyl (C=O) groups is 2. The van der Waals surface area contributed by atoms with E-state index in [0.29, 0.717) is 16.9 Å². The lowest BCUT2D eigenvalue weighted by Gasteiger charge is -2.18. The molecule has 0 unspecified atom stereocenters. The zero-order valence-corrected chi connectivity index (χ0v) is 14.1. The van der Waals surface area contributed by atoms with E-state index < -0.39 is 0 Å². The summed E-state index contributed by atoms with van der Waals surface area (Å²) >= 11 is 2.78. The number of ketones is 1. The summed E-state index contributed by atoms with van der Waals surface area (Å²) in [5.74, 6) is 1.04. The molecular formula is C15H17N3O2S2. The highest BCUT2D eigenvalue weighted by Crippen LogP contribution is 2.33. The molecule has 0 saturated heterocycles. The van der Waals surface area contributed by atoms with Gasteiger partial charge in [0.15, 0.2) is 5.82 Å². The van der Waals surface area contributed by atoms with Gasteiger partial charge in [-0.05, 0) is 37.7 Å². The van der Waals surface area contributed by atoms with Crippen LogP contribution in [0.1, 0.15) is 46.9 Å². The number of thiophene rings is 1. The van der Waals surface area contributed by atoms with Crippen molar-refractivity contribution in [2.75, 3.05) is 5.32 Å². The van der Waals surface area contributed by atoms with Crippen molar-refractivity contribution in [1.29, 1.82) is 0 Å². The molecule has 0 aromatic carbocycles. The molecule has 0 bridgehead atoms. The molecule has 3 rings (SSSR count). The van der Waals surface area contributed by atoms with Gasteiger partial charge in [0, 0.05) is 21.8 Å². The Bertz CT molecular complexity index is 720. The number of hydrogen-bond donors (Lipinski definition) is 1. The second kappa shape index (κ2) is 6.26. The Labute approximate surface area is 137 Å². The van der Waals surface area contributed by atoms with Gasteiger partial charge in [0.1, 0.15) is 5.78 Å². The van der Waals surface area contributed by atoms with Gasteiger partial charge in [0.2, 0.25) is 5.13 Å². The van der Waals surface area contributed by atoms with Crippen LogP contribution in [0.4, 0.5) is 5.13 Å². The maximum atomic E-state index is 12.4. The van der Waals surface area contributed by atoms with Crippen LogP contribution in [0.25, 0.3) is 0 Å². The maximum absolute atomic E-state index is 12.4. The van der Waals surface area contributed by atoms with Crippen molar-refractivity contribution in [2.45, 2.75) is 39.5 Å². The van der Waals surface area contributed by atoms with E-state index in [1.165, 1.54) is 17.4 Å². The minimum atomic E-state index is -0.127. The molecule has 116 valence electrons. The van der Waals surface area contributed by atoms with E-state index in [1.807, 2.05) is 5.38 Å². The van der Waals surface area contributed by atoms with E-state index in [9.17, 15) is 9.59 Å². The predicted octanol–water partition coefficient (Wildman–Crippen LogP) is 3.11. The van der Waals surface area contributed by atoms with Crippen molar-refractivity contribution >= 4 is 39.7 Å². The standard InChI is InChI=1S/C15H17N3O2S2/c1-8-3-4-10-11(7-21-12(10)5-8)14(20)17-15-16-13(18-22-15)6-9(2)19/h7-8H,3-6H2,1-2H3,(H,16,17,18,20)/t8-/m0/s1. The zero-order valence-electron chi connectivity index (χ0n) is 12.5. The van der Waals surface area contributed by atoms with Crippen LogP contribution in [-0.2, 0) is 24.1 Å². The van der Waals surface area contributed by atoms with Gasteiger partial charge in [-0.3, -0.25) is 14.9 Å². The van der Waals surface area contributed by atoms with Crippen molar-refractivity contribution in [3.8, 4) is 0 Å². The summed E-state index contributed by atoms with van der Waals surface area (Å²) in [6, 6.07) is 0. The molecule has 2 heterocycles. The number of fused-ring (bicyclic) bond motifs is 1. The third kappa shape index (κ3) is 3.25. The summed E-state index contributed by atoms with van der Waals surface area (Å²) in [6.07, 6.45) is 3.37. The normalized spacial score (nSPS) is 17.1. The minimum Gasteiger partial charge on any atom is -0.300 e. The molecule has 1 atom stereocenters. The highest BCUT2D eigenvalue weighted by Gasteiger charge is 2.23. The number of carbonyl (C=O) groups excluding carboxylic acids is 2. The average Bonchev–Trinajstić information content (AvgIpc) is 3.04. The van der Waals surface area contributed by atoms with Crippen molar-refractivity contribution in [3.63, 3.8) is 0 Å². The maximum Gasteiger partial charge on any atom is 0.258 e. The van der Waals surface area contributed by atoms with Crippen LogP contribution in [0.3, 0.4) is 0 Å². The van der Waals surface area contributed by atoms with Crippen molar-refractivity contribution in [1.82, 2.24) is 9.36 Å². The number of Topliss-reactive ketones (excluding diaryl/α,β-unsaturated/α-hetero) is 1. The molecule has 0 spiro atoms. The second-order valence-corrected chi connectivity index (χ2v) is 7.46. The minimum absolute atomic E-state index is 0.0108. The van der Waals surface area contributed by atoms with E-state index in [4.69, 9.17) is 0 Å². The summed E-state index contributed by atoms with van der Waals surface area (Å²) in [7, 11) is 0. The first kappa shape index (κ1) is 15.3. The summed E-state index contributed by atoms with van der Waals surface area (Å²) in [6.45, 7) is 3.75. The lowest BCUT2D eigenvalue weighted by atomic mass is 9.88. The Morgan fingerprint density at radius 3 is 3.05 bits per heavy atom. The van der Waals surface area contributed by atoms with E-state index in [1.54, 1.807) is 11.3 Å². The fraction of sp³-hybridized carbons (Fsp3) is 0.467. The van der Waals surface area contributed by atoms with Gasteiger partial charge in [-0.25, -0.2) is 4.98 Å².